The third-order valence-electron chi connectivity index (χ3n) is 4.60. The van der Waals surface area contributed by atoms with Crippen molar-refractivity contribution < 1.29 is 19.1 Å². The molecule has 1 N–H and O–H groups in total. The molecule has 0 unspecified atom stereocenters. The van der Waals surface area contributed by atoms with Gasteiger partial charge in [-0.3, -0.25) is 4.79 Å². The van der Waals surface area contributed by atoms with Crippen LogP contribution in [0, 0.1) is 11.3 Å². The summed E-state index contributed by atoms with van der Waals surface area (Å²) in [6, 6.07) is 20.1. The number of ether oxygens (including phenoxy) is 2. The molecular weight excluding hydrogens is 424 g/mol. The molecule has 0 aliphatic rings. The molecule has 0 fully saturated rings. The summed E-state index contributed by atoms with van der Waals surface area (Å²) in [5.41, 5.74) is 1.48. The SMILES string of the molecule is COc1cn(-c2ccccc2)nc1C(=O)OCC(=O)Nc1c(C#N)cnn1-c1ccccc1. The number of nitrogens with zero attached hydrogens (tertiary/aromatic N) is 5. The molecule has 0 aliphatic carbocycles. The summed E-state index contributed by atoms with van der Waals surface area (Å²) in [5.74, 6) is -1.08. The van der Waals surface area contributed by atoms with Gasteiger partial charge in [-0.2, -0.15) is 15.5 Å². The van der Waals surface area contributed by atoms with Crippen LogP contribution in [-0.2, 0) is 9.53 Å². The summed E-state index contributed by atoms with van der Waals surface area (Å²) in [7, 11) is 1.41. The number of esters is 1. The lowest BCUT2D eigenvalue weighted by atomic mass is 10.3. The third kappa shape index (κ3) is 4.57. The molecule has 33 heavy (non-hydrogen) atoms. The van der Waals surface area contributed by atoms with E-state index in [-0.39, 0.29) is 22.8 Å². The number of para-hydroxylation sites is 2. The number of benzene rings is 2. The lowest BCUT2D eigenvalue weighted by molar-refractivity contribution is -0.119. The van der Waals surface area contributed by atoms with Crippen molar-refractivity contribution in [3.63, 3.8) is 0 Å². The second-order valence-electron chi connectivity index (χ2n) is 6.72. The van der Waals surface area contributed by atoms with Crippen molar-refractivity contribution in [1.29, 1.82) is 5.26 Å². The molecule has 2 aromatic heterocycles. The van der Waals surface area contributed by atoms with Gasteiger partial charge in [0.2, 0.25) is 5.69 Å². The predicted octanol–water partition coefficient (Wildman–Crippen LogP) is 2.73. The Hall–Kier alpha value is -4.91. The summed E-state index contributed by atoms with van der Waals surface area (Å²) in [5, 5.41) is 20.3. The van der Waals surface area contributed by atoms with Gasteiger partial charge in [0.1, 0.15) is 11.6 Å². The number of nitriles is 1. The Balaban J connectivity index is 1.46. The Bertz CT molecular complexity index is 1320. The number of aromatic nitrogens is 4. The van der Waals surface area contributed by atoms with Crippen molar-refractivity contribution >= 4 is 17.7 Å². The number of carbonyl (C=O) groups excluding carboxylic acids is 2. The maximum atomic E-state index is 12.6. The van der Waals surface area contributed by atoms with Gasteiger partial charge < -0.3 is 14.8 Å². The van der Waals surface area contributed by atoms with E-state index in [4.69, 9.17) is 9.47 Å². The largest absolute Gasteiger partial charge is 0.493 e. The van der Waals surface area contributed by atoms with Gasteiger partial charge in [-0.05, 0) is 24.3 Å². The fourth-order valence-electron chi connectivity index (χ4n) is 3.04. The monoisotopic (exact) mass is 442 g/mol. The van der Waals surface area contributed by atoms with Crippen molar-refractivity contribution in [2.24, 2.45) is 0 Å². The summed E-state index contributed by atoms with van der Waals surface area (Å²) < 4.78 is 13.3. The molecule has 0 aliphatic heterocycles. The molecule has 10 heteroatoms. The van der Waals surface area contributed by atoms with E-state index in [0.29, 0.717) is 5.69 Å². The lowest BCUT2D eigenvalue weighted by Gasteiger charge is -2.10. The number of carbonyl (C=O) groups is 2. The molecule has 0 saturated heterocycles. The van der Waals surface area contributed by atoms with Crippen LogP contribution in [0.5, 0.6) is 5.75 Å². The molecule has 0 radical (unpaired) electrons. The van der Waals surface area contributed by atoms with Crippen molar-refractivity contribution in [3.05, 3.63) is 84.3 Å². The van der Waals surface area contributed by atoms with E-state index < -0.39 is 18.5 Å². The average Bonchev–Trinajstić information content (AvgIpc) is 3.48. The molecule has 4 aromatic rings. The van der Waals surface area contributed by atoms with Crippen LogP contribution < -0.4 is 10.1 Å². The minimum Gasteiger partial charge on any atom is -0.493 e. The van der Waals surface area contributed by atoms with E-state index in [1.807, 2.05) is 42.5 Å². The Labute approximate surface area is 188 Å². The van der Waals surface area contributed by atoms with E-state index in [0.717, 1.165) is 5.69 Å². The minimum absolute atomic E-state index is 0.0683. The Morgan fingerprint density at radius 1 is 1.06 bits per heavy atom. The first-order valence-corrected chi connectivity index (χ1v) is 9.80. The van der Waals surface area contributed by atoms with Gasteiger partial charge >= 0.3 is 5.97 Å². The number of amides is 1. The molecule has 0 atom stereocenters. The standard InChI is InChI=1S/C23H18N6O4/c1-32-19-14-28(17-8-4-2-5-9-17)27-21(19)23(31)33-15-20(30)26-22-16(12-24)13-25-29(22)18-10-6-3-7-11-18/h2-11,13-14H,15H2,1H3,(H,26,30). The molecule has 164 valence electrons. The van der Waals surface area contributed by atoms with Crippen molar-refractivity contribution in [2.75, 3.05) is 19.0 Å². The second-order valence-corrected chi connectivity index (χ2v) is 6.72. The number of hydrogen-bond acceptors (Lipinski definition) is 7. The highest BCUT2D eigenvalue weighted by Gasteiger charge is 2.22. The highest BCUT2D eigenvalue weighted by molar-refractivity contribution is 5.96. The molecule has 10 nitrogen and oxygen atoms in total. The summed E-state index contributed by atoms with van der Waals surface area (Å²) in [6.45, 7) is -0.592. The maximum Gasteiger partial charge on any atom is 0.363 e. The first kappa shape index (κ1) is 21.3. The molecule has 0 spiro atoms. The van der Waals surface area contributed by atoms with Crippen LogP contribution in [0.25, 0.3) is 11.4 Å². The highest BCUT2D eigenvalue weighted by Crippen LogP contribution is 2.21. The number of nitrogens with one attached hydrogen (secondary N) is 1. The van der Waals surface area contributed by atoms with Crippen molar-refractivity contribution in [3.8, 4) is 23.2 Å². The Morgan fingerprint density at radius 3 is 2.36 bits per heavy atom. The molecule has 2 aromatic carbocycles. The molecular formula is C23H18N6O4. The van der Waals surface area contributed by atoms with Crippen molar-refractivity contribution in [1.82, 2.24) is 19.6 Å². The quantitative estimate of drug-likeness (QED) is 0.436. The summed E-state index contributed by atoms with van der Waals surface area (Å²) >= 11 is 0. The average molecular weight is 442 g/mol. The number of methoxy groups -OCH3 is 1. The van der Waals surface area contributed by atoms with E-state index in [9.17, 15) is 14.9 Å². The van der Waals surface area contributed by atoms with Gasteiger partial charge in [0.25, 0.3) is 5.91 Å². The molecule has 0 bridgehead atoms. The normalized spacial score (nSPS) is 10.3. The summed E-state index contributed by atoms with van der Waals surface area (Å²) in [4.78, 5) is 25.0. The zero-order valence-corrected chi connectivity index (χ0v) is 17.5. The summed E-state index contributed by atoms with van der Waals surface area (Å²) in [6.07, 6.45) is 2.89. The van der Waals surface area contributed by atoms with Crippen LogP contribution in [-0.4, -0.2) is 45.2 Å². The fraction of sp³-hybridized carbons (Fsp3) is 0.0870. The van der Waals surface area contributed by atoms with E-state index in [1.165, 1.54) is 22.7 Å². The van der Waals surface area contributed by atoms with Gasteiger partial charge in [-0.25, -0.2) is 14.2 Å². The van der Waals surface area contributed by atoms with Gasteiger partial charge in [0.05, 0.1) is 30.9 Å². The van der Waals surface area contributed by atoms with Gasteiger partial charge in [0, 0.05) is 0 Å². The van der Waals surface area contributed by atoms with Crippen LogP contribution >= 0.6 is 0 Å². The van der Waals surface area contributed by atoms with E-state index in [1.54, 1.807) is 30.5 Å². The van der Waals surface area contributed by atoms with E-state index in [2.05, 4.69) is 15.5 Å². The molecule has 0 saturated carbocycles. The number of rotatable bonds is 7. The van der Waals surface area contributed by atoms with Crippen LogP contribution in [0.1, 0.15) is 16.1 Å². The van der Waals surface area contributed by atoms with Crippen LogP contribution in [0.4, 0.5) is 5.82 Å². The highest BCUT2D eigenvalue weighted by atomic mass is 16.5. The van der Waals surface area contributed by atoms with Crippen molar-refractivity contribution in [2.45, 2.75) is 0 Å². The van der Waals surface area contributed by atoms with Gasteiger partial charge in [-0.1, -0.05) is 36.4 Å². The maximum absolute atomic E-state index is 12.6. The van der Waals surface area contributed by atoms with Crippen LogP contribution in [0.3, 0.4) is 0 Å². The number of hydrogen-bond donors (Lipinski definition) is 1. The third-order valence-corrected chi connectivity index (χ3v) is 4.60. The molecule has 2 heterocycles. The first-order valence-electron chi connectivity index (χ1n) is 9.80. The molecule has 1 amide bonds. The lowest BCUT2D eigenvalue weighted by Crippen LogP contribution is -2.23. The van der Waals surface area contributed by atoms with Crippen LogP contribution in [0.2, 0.25) is 0 Å². The Morgan fingerprint density at radius 2 is 1.73 bits per heavy atom. The number of anilines is 1. The smallest absolute Gasteiger partial charge is 0.363 e. The zero-order valence-electron chi connectivity index (χ0n) is 17.5. The zero-order chi connectivity index (χ0) is 23.2. The van der Waals surface area contributed by atoms with Gasteiger partial charge in [-0.15, -0.1) is 0 Å². The van der Waals surface area contributed by atoms with Crippen LogP contribution in [0.15, 0.2) is 73.1 Å². The topological polar surface area (TPSA) is 124 Å². The Kier molecular flexibility index (Phi) is 6.13. The fourth-order valence-corrected chi connectivity index (χ4v) is 3.04. The molecule has 4 rings (SSSR count). The second kappa shape index (κ2) is 9.49. The minimum atomic E-state index is -0.825. The van der Waals surface area contributed by atoms with E-state index >= 15 is 0 Å². The first-order chi connectivity index (χ1) is 16.1. The predicted molar refractivity (Wildman–Crippen MR) is 117 cm³/mol. The van der Waals surface area contributed by atoms with Gasteiger partial charge in [0.15, 0.2) is 18.2 Å².